The van der Waals surface area contributed by atoms with Crippen LogP contribution in [0, 0.1) is 34.5 Å². The zero-order chi connectivity index (χ0) is 24.3. The van der Waals surface area contributed by atoms with E-state index >= 15 is 0 Å². The molecule has 0 aromatic rings. The fourth-order valence-electron chi connectivity index (χ4n) is 11.2. The lowest BCUT2D eigenvalue weighted by Crippen LogP contribution is -2.82. The summed E-state index contributed by atoms with van der Waals surface area (Å²) in [4.78, 5) is 2.44. The van der Waals surface area contributed by atoms with E-state index in [1.165, 1.54) is 0 Å². The number of piperidine rings is 1. The van der Waals surface area contributed by atoms with Crippen LogP contribution in [-0.4, -0.2) is 110 Å². The smallest absolute Gasteiger partial charge is 0.136 e. The van der Waals surface area contributed by atoms with Crippen LogP contribution in [0.5, 0.6) is 0 Å². The highest BCUT2D eigenvalue weighted by atomic mass is 16.5. The van der Waals surface area contributed by atoms with E-state index in [0.717, 1.165) is 38.8 Å². The molecule has 7 bridgehead atoms. The van der Waals surface area contributed by atoms with E-state index < -0.39 is 34.7 Å². The molecule has 3 N–H and O–H groups in total. The third-order valence-corrected chi connectivity index (χ3v) is 11.6. The summed E-state index contributed by atoms with van der Waals surface area (Å²) in [7, 11) is 6.88. The maximum atomic E-state index is 13.0. The van der Waals surface area contributed by atoms with Crippen molar-refractivity contribution in [2.75, 3.05) is 48.1 Å². The number of likely N-dealkylation sites (tertiary alicyclic amines) is 1. The summed E-state index contributed by atoms with van der Waals surface area (Å²) < 4.78 is 24.3. The number of hydrogen-bond donors (Lipinski definition) is 3. The molecule has 6 rings (SSSR count). The number of ether oxygens (including phenoxy) is 4. The van der Waals surface area contributed by atoms with Crippen molar-refractivity contribution >= 4 is 0 Å². The maximum absolute atomic E-state index is 13.0. The van der Waals surface area contributed by atoms with Crippen LogP contribution in [0.1, 0.15) is 39.0 Å². The van der Waals surface area contributed by atoms with Crippen LogP contribution < -0.4 is 0 Å². The number of aliphatic hydroxyl groups excluding tert-OH is 1. The van der Waals surface area contributed by atoms with Gasteiger partial charge in [0, 0.05) is 70.0 Å². The molecule has 13 atom stereocenters. The van der Waals surface area contributed by atoms with Crippen LogP contribution in [0.25, 0.3) is 0 Å². The second-order valence-corrected chi connectivity index (χ2v) is 12.3. The van der Waals surface area contributed by atoms with Gasteiger partial charge in [0.15, 0.2) is 0 Å². The molecular formula is C26H43NO7. The molecule has 34 heavy (non-hydrogen) atoms. The topological polar surface area (TPSA) is 101 Å². The first-order chi connectivity index (χ1) is 16.3. The SMILES string of the molecule is CCCN1CC2(COC)CCC(OC)C34C5CC6C(OC)CC(O)(C5C6O)C(O)(C(OC)C23)C14. The summed E-state index contributed by atoms with van der Waals surface area (Å²) >= 11 is 0. The van der Waals surface area contributed by atoms with Crippen LogP contribution >= 0.6 is 0 Å². The number of rotatable bonds is 7. The molecule has 1 heterocycles. The van der Waals surface area contributed by atoms with E-state index in [9.17, 15) is 15.3 Å². The Hall–Kier alpha value is -0.320. The average Bonchev–Trinajstić information content (AvgIpc) is 3.18. The fourth-order valence-corrected chi connectivity index (χ4v) is 11.2. The van der Waals surface area contributed by atoms with Crippen molar-refractivity contribution in [1.29, 1.82) is 0 Å². The van der Waals surface area contributed by atoms with Crippen LogP contribution in [0.2, 0.25) is 0 Å². The quantitative estimate of drug-likeness (QED) is 0.488. The molecule has 6 fully saturated rings. The van der Waals surface area contributed by atoms with Crippen molar-refractivity contribution in [2.24, 2.45) is 34.5 Å². The fraction of sp³-hybridized carbons (Fsp3) is 1.00. The number of methoxy groups -OCH3 is 4. The average molecular weight is 482 g/mol. The monoisotopic (exact) mass is 481 g/mol. The van der Waals surface area contributed by atoms with E-state index in [0.29, 0.717) is 13.0 Å². The molecule has 1 spiro atoms. The predicted octanol–water partition coefficient (Wildman–Crippen LogP) is 0.661. The highest BCUT2D eigenvalue weighted by Gasteiger charge is 2.91. The minimum absolute atomic E-state index is 0.00853. The summed E-state index contributed by atoms with van der Waals surface area (Å²) in [5, 5.41) is 37.3. The second kappa shape index (κ2) is 7.60. The third-order valence-electron chi connectivity index (χ3n) is 11.6. The van der Waals surface area contributed by atoms with Gasteiger partial charge in [0.05, 0.1) is 37.1 Å². The lowest BCUT2D eigenvalue weighted by Gasteiger charge is -2.70. The minimum atomic E-state index is -1.55. The molecule has 5 saturated carbocycles. The van der Waals surface area contributed by atoms with Crippen molar-refractivity contribution in [3.8, 4) is 0 Å². The molecular weight excluding hydrogens is 438 g/mol. The molecule has 0 radical (unpaired) electrons. The number of hydrogen-bond acceptors (Lipinski definition) is 8. The van der Waals surface area contributed by atoms with Crippen molar-refractivity contribution in [2.45, 2.75) is 80.7 Å². The van der Waals surface area contributed by atoms with Crippen LogP contribution in [0.15, 0.2) is 0 Å². The molecule has 1 saturated heterocycles. The lowest BCUT2D eigenvalue weighted by atomic mass is 9.42. The summed E-state index contributed by atoms with van der Waals surface area (Å²) in [6, 6.07) is -0.307. The van der Waals surface area contributed by atoms with Crippen LogP contribution in [0.4, 0.5) is 0 Å². The minimum Gasteiger partial charge on any atom is -0.392 e. The Labute approximate surface area is 202 Å². The molecule has 194 valence electrons. The zero-order valence-corrected chi connectivity index (χ0v) is 21.3. The molecule has 6 aliphatic rings. The Morgan fingerprint density at radius 1 is 1.06 bits per heavy atom. The van der Waals surface area contributed by atoms with E-state index in [-0.39, 0.29) is 41.4 Å². The van der Waals surface area contributed by atoms with Gasteiger partial charge in [0.1, 0.15) is 11.2 Å². The number of aliphatic hydroxyl groups is 3. The second-order valence-electron chi connectivity index (χ2n) is 12.3. The van der Waals surface area contributed by atoms with Gasteiger partial charge in [-0.3, -0.25) is 4.90 Å². The summed E-state index contributed by atoms with van der Waals surface area (Å²) in [6.45, 7) is 4.40. The van der Waals surface area contributed by atoms with Crippen LogP contribution in [0.3, 0.4) is 0 Å². The molecule has 8 nitrogen and oxygen atoms in total. The normalized spacial score (nSPS) is 59.5. The molecule has 13 unspecified atom stereocenters. The van der Waals surface area contributed by atoms with Gasteiger partial charge >= 0.3 is 0 Å². The van der Waals surface area contributed by atoms with Gasteiger partial charge in [0.25, 0.3) is 0 Å². The van der Waals surface area contributed by atoms with Crippen molar-refractivity contribution in [1.82, 2.24) is 4.90 Å². The largest absolute Gasteiger partial charge is 0.392 e. The maximum Gasteiger partial charge on any atom is 0.136 e. The molecule has 0 amide bonds. The standard InChI is InChI=1S/C26H43NO7/c1-6-9-27-12-23(13-31-2)8-7-17(33-4)25-15-10-14-16(32-3)11-24(29,18(15)19(14)28)26(30,22(25)27)21(34-5)20(23)25/h14-22,28-30H,6-13H2,1-5H3. The van der Waals surface area contributed by atoms with E-state index in [4.69, 9.17) is 18.9 Å². The van der Waals surface area contributed by atoms with E-state index in [2.05, 4.69) is 11.8 Å². The Kier molecular flexibility index (Phi) is 5.38. The van der Waals surface area contributed by atoms with Gasteiger partial charge < -0.3 is 34.3 Å². The molecule has 0 aromatic carbocycles. The first-order valence-corrected chi connectivity index (χ1v) is 13.2. The lowest BCUT2D eigenvalue weighted by molar-refractivity contribution is -0.319. The molecule has 8 heteroatoms. The third kappa shape index (κ3) is 2.31. The molecule has 5 aliphatic carbocycles. The van der Waals surface area contributed by atoms with Crippen molar-refractivity contribution in [3.63, 3.8) is 0 Å². The Bertz CT molecular complexity index is 829. The van der Waals surface area contributed by atoms with Gasteiger partial charge in [-0.1, -0.05) is 6.92 Å². The Morgan fingerprint density at radius 3 is 2.44 bits per heavy atom. The molecule has 0 aromatic heterocycles. The number of nitrogens with zero attached hydrogens (tertiary/aromatic N) is 1. The Balaban J connectivity index is 1.67. The summed E-state index contributed by atoms with van der Waals surface area (Å²) in [5.41, 5.74) is -3.71. The number of fused-ring (bicyclic) bond motifs is 2. The van der Waals surface area contributed by atoms with Crippen molar-refractivity contribution < 1.29 is 34.3 Å². The van der Waals surface area contributed by atoms with Gasteiger partial charge in [0.2, 0.25) is 0 Å². The summed E-state index contributed by atoms with van der Waals surface area (Å²) in [5.74, 6) is -0.492. The first kappa shape index (κ1) is 24.0. The summed E-state index contributed by atoms with van der Waals surface area (Å²) in [6.07, 6.45) is 2.17. The zero-order valence-electron chi connectivity index (χ0n) is 21.3. The van der Waals surface area contributed by atoms with E-state index in [1.807, 2.05) is 0 Å². The van der Waals surface area contributed by atoms with Gasteiger partial charge in [-0.15, -0.1) is 0 Å². The van der Waals surface area contributed by atoms with Crippen molar-refractivity contribution in [3.05, 3.63) is 0 Å². The highest BCUT2D eigenvalue weighted by Crippen LogP contribution is 2.80. The Morgan fingerprint density at radius 2 is 1.82 bits per heavy atom. The van der Waals surface area contributed by atoms with Gasteiger partial charge in [-0.05, 0) is 38.1 Å². The predicted molar refractivity (Wildman–Crippen MR) is 123 cm³/mol. The van der Waals surface area contributed by atoms with Crippen LogP contribution in [-0.2, 0) is 18.9 Å². The van der Waals surface area contributed by atoms with Gasteiger partial charge in [-0.25, -0.2) is 0 Å². The van der Waals surface area contributed by atoms with E-state index in [1.54, 1.807) is 28.4 Å². The highest BCUT2D eigenvalue weighted by molar-refractivity contribution is 5.41. The molecule has 1 aliphatic heterocycles. The first-order valence-electron chi connectivity index (χ1n) is 13.2. The van der Waals surface area contributed by atoms with Gasteiger partial charge in [-0.2, -0.15) is 0 Å².